The summed E-state index contributed by atoms with van der Waals surface area (Å²) in [7, 11) is 1.41. The molecule has 6 nitrogen and oxygen atoms in total. The maximum Gasteiger partial charge on any atom is 0.319 e. The number of benzene rings is 1. The Bertz CT molecular complexity index is 761. The van der Waals surface area contributed by atoms with E-state index in [1.807, 2.05) is 13.8 Å². The highest BCUT2D eigenvalue weighted by Gasteiger charge is 2.13. The molecule has 0 bridgehead atoms. The number of anilines is 1. The molecule has 0 unspecified atom stereocenters. The van der Waals surface area contributed by atoms with E-state index >= 15 is 0 Å². The third kappa shape index (κ3) is 4.29. The number of urea groups is 1. The van der Waals surface area contributed by atoms with Crippen LogP contribution in [0, 0.1) is 12.7 Å². The molecule has 2 rings (SSSR count). The van der Waals surface area contributed by atoms with E-state index in [2.05, 4.69) is 20.9 Å². The van der Waals surface area contributed by atoms with E-state index in [4.69, 9.17) is 0 Å². The van der Waals surface area contributed by atoms with Crippen LogP contribution in [-0.2, 0) is 13.0 Å². The van der Waals surface area contributed by atoms with Crippen LogP contribution in [0.25, 0.3) is 0 Å². The van der Waals surface area contributed by atoms with Gasteiger partial charge in [0, 0.05) is 17.6 Å². The van der Waals surface area contributed by atoms with Crippen LogP contribution >= 0.6 is 11.3 Å². The van der Waals surface area contributed by atoms with Gasteiger partial charge < -0.3 is 16.0 Å². The highest BCUT2D eigenvalue weighted by molar-refractivity contribution is 7.11. The van der Waals surface area contributed by atoms with Crippen molar-refractivity contribution in [2.75, 3.05) is 12.4 Å². The predicted octanol–water partition coefficient (Wildman–Crippen LogP) is 2.83. The maximum atomic E-state index is 13.6. The Morgan fingerprint density at radius 1 is 1.33 bits per heavy atom. The van der Waals surface area contributed by atoms with Crippen LogP contribution in [0.15, 0.2) is 18.2 Å². The van der Waals surface area contributed by atoms with Gasteiger partial charge in [-0.05, 0) is 31.5 Å². The maximum absolute atomic E-state index is 13.6. The van der Waals surface area contributed by atoms with Gasteiger partial charge in [-0.15, -0.1) is 11.3 Å². The van der Waals surface area contributed by atoms with Crippen LogP contribution in [0.4, 0.5) is 14.9 Å². The second-order valence-corrected chi connectivity index (χ2v) is 6.33. The second kappa shape index (κ2) is 7.87. The van der Waals surface area contributed by atoms with Crippen molar-refractivity contribution in [1.29, 1.82) is 0 Å². The van der Waals surface area contributed by atoms with Crippen molar-refractivity contribution < 1.29 is 14.0 Å². The Morgan fingerprint density at radius 3 is 2.75 bits per heavy atom. The standard InChI is InChI=1S/C16H19FN4O2S/c1-4-13-14(24-9(2)20-13)8-19-16(23)21-10-5-6-12(17)11(7-10)15(22)18-3/h5-7H,4,8H2,1-3H3,(H,18,22)(H2,19,21,23). The lowest BCUT2D eigenvalue weighted by molar-refractivity contribution is 0.0959. The second-order valence-electron chi connectivity index (χ2n) is 5.04. The molecule has 0 aliphatic rings. The first kappa shape index (κ1) is 17.9. The summed E-state index contributed by atoms with van der Waals surface area (Å²) in [5.41, 5.74) is 1.19. The summed E-state index contributed by atoms with van der Waals surface area (Å²) in [4.78, 5) is 29.0. The lowest BCUT2D eigenvalue weighted by Gasteiger charge is -2.09. The number of amides is 3. The van der Waals surface area contributed by atoms with Crippen LogP contribution in [0.3, 0.4) is 0 Å². The first-order valence-electron chi connectivity index (χ1n) is 7.46. The largest absolute Gasteiger partial charge is 0.355 e. The fourth-order valence-electron chi connectivity index (χ4n) is 2.17. The average molecular weight is 350 g/mol. The van der Waals surface area contributed by atoms with Gasteiger partial charge in [-0.3, -0.25) is 4.79 Å². The number of aromatic nitrogens is 1. The highest BCUT2D eigenvalue weighted by atomic mass is 32.1. The van der Waals surface area contributed by atoms with Crippen LogP contribution in [-0.4, -0.2) is 24.0 Å². The molecule has 0 atom stereocenters. The van der Waals surface area contributed by atoms with E-state index < -0.39 is 17.8 Å². The van der Waals surface area contributed by atoms with E-state index in [1.54, 1.807) is 11.3 Å². The van der Waals surface area contributed by atoms with Crippen molar-refractivity contribution in [3.63, 3.8) is 0 Å². The summed E-state index contributed by atoms with van der Waals surface area (Å²) in [6, 6.07) is 3.40. The van der Waals surface area contributed by atoms with E-state index in [9.17, 15) is 14.0 Å². The molecule has 24 heavy (non-hydrogen) atoms. The molecule has 2 aromatic rings. The molecule has 1 heterocycles. The number of hydrogen-bond acceptors (Lipinski definition) is 4. The van der Waals surface area contributed by atoms with Gasteiger partial charge in [0.1, 0.15) is 5.82 Å². The predicted molar refractivity (Wildman–Crippen MR) is 91.9 cm³/mol. The summed E-state index contributed by atoms with van der Waals surface area (Å²) in [5.74, 6) is -1.20. The number of aryl methyl sites for hydroxylation is 2. The molecule has 3 N–H and O–H groups in total. The number of hydrogen-bond donors (Lipinski definition) is 3. The van der Waals surface area contributed by atoms with Gasteiger partial charge in [-0.1, -0.05) is 6.92 Å². The van der Waals surface area contributed by atoms with Gasteiger partial charge in [-0.25, -0.2) is 14.2 Å². The Kier molecular flexibility index (Phi) is 5.86. The van der Waals surface area contributed by atoms with Gasteiger partial charge in [0.2, 0.25) is 0 Å². The molecule has 0 saturated heterocycles. The molecule has 1 aromatic heterocycles. The minimum absolute atomic E-state index is 0.123. The number of carbonyl (C=O) groups excluding carboxylic acids is 2. The number of nitrogens with one attached hydrogen (secondary N) is 3. The monoisotopic (exact) mass is 350 g/mol. The summed E-state index contributed by atoms with van der Waals surface area (Å²) < 4.78 is 13.6. The normalized spacial score (nSPS) is 10.3. The molecule has 0 radical (unpaired) electrons. The highest BCUT2D eigenvalue weighted by Crippen LogP contribution is 2.18. The SMILES string of the molecule is CCc1nc(C)sc1CNC(=O)Nc1ccc(F)c(C(=O)NC)c1. The average Bonchev–Trinajstić information content (AvgIpc) is 2.94. The zero-order chi connectivity index (χ0) is 17.7. The van der Waals surface area contributed by atoms with E-state index in [1.165, 1.54) is 19.2 Å². The van der Waals surface area contributed by atoms with Crippen molar-refractivity contribution in [3.8, 4) is 0 Å². The topological polar surface area (TPSA) is 83.1 Å². The zero-order valence-electron chi connectivity index (χ0n) is 13.7. The van der Waals surface area contributed by atoms with Crippen molar-refractivity contribution in [1.82, 2.24) is 15.6 Å². The number of halogens is 1. The Hall–Kier alpha value is -2.48. The minimum atomic E-state index is -0.645. The van der Waals surface area contributed by atoms with Gasteiger partial charge in [-0.2, -0.15) is 0 Å². The number of thiazole rings is 1. The quantitative estimate of drug-likeness (QED) is 0.775. The van der Waals surface area contributed by atoms with Crippen LogP contribution in [0.5, 0.6) is 0 Å². The van der Waals surface area contributed by atoms with Crippen molar-refractivity contribution >= 4 is 29.0 Å². The molecule has 0 aliphatic carbocycles. The minimum Gasteiger partial charge on any atom is -0.355 e. The molecule has 0 spiro atoms. The number of nitrogens with zero attached hydrogens (tertiary/aromatic N) is 1. The van der Waals surface area contributed by atoms with Gasteiger partial charge in [0.05, 0.1) is 22.8 Å². The van der Waals surface area contributed by atoms with E-state index in [-0.39, 0.29) is 5.56 Å². The fraction of sp³-hybridized carbons (Fsp3) is 0.312. The van der Waals surface area contributed by atoms with Crippen LogP contribution < -0.4 is 16.0 Å². The third-order valence-corrected chi connectivity index (χ3v) is 4.34. The summed E-state index contributed by atoms with van der Waals surface area (Å²) >= 11 is 1.54. The Morgan fingerprint density at radius 2 is 2.08 bits per heavy atom. The Labute approximate surface area is 143 Å². The number of rotatable bonds is 5. The number of carbonyl (C=O) groups is 2. The van der Waals surface area contributed by atoms with Crippen molar-refractivity contribution in [3.05, 3.63) is 45.2 Å². The lowest BCUT2D eigenvalue weighted by atomic mass is 10.1. The molecule has 0 saturated carbocycles. The smallest absolute Gasteiger partial charge is 0.319 e. The Balaban J connectivity index is 2.01. The molecule has 0 fully saturated rings. The van der Waals surface area contributed by atoms with Gasteiger partial charge >= 0.3 is 6.03 Å². The molecule has 1 aromatic carbocycles. The third-order valence-electron chi connectivity index (χ3n) is 3.33. The van der Waals surface area contributed by atoms with Crippen LogP contribution in [0.2, 0.25) is 0 Å². The molecule has 128 valence electrons. The van der Waals surface area contributed by atoms with Crippen molar-refractivity contribution in [2.45, 2.75) is 26.8 Å². The fourth-order valence-corrected chi connectivity index (χ4v) is 3.14. The molecule has 8 heteroatoms. The molecular formula is C16H19FN4O2S. The van der Waals surface area contributed by atoms with Gasteiger partial charge in [0.25, 0.3) is 5.91 Å². The van der Waals surface area contributed by atoms with Crippen LogP contribution in [0.1, 0.15) is 32.9 Å². The molecule has 0 aliphatic heterocycles. The first-order chi connectivity index (χ1) is 11.4. The zero-order valence-corrected chi connectivity index (χ0v) is 14.5. The summed E-state index contributed by atoms with van der Waals surface area (Å²) in [6.07, 6.45) is 0.802. The summed E-state index contributed by atoms with van der Waals surface area (Å²) in [6.45, 7) is 4.30. The van der Waals surface area contributed by atoms with Crippen molar-refractivity contribution in [2.24, 2.45) is 0 Å². The van der Waals surface area contributed by atoms with Gasteiger partial charge in [0.15, 0.2) is 0 Å². The summed E-state index contributed by atoms with van der Waals surface area (Å²) in [5, 5.41) is 8.64. The molecular weight excluding hydrogens is 331 g/mol. The molecule has 3 amide bonds. The van der Waals surface area contributed by atoms with E-state index in [0.29, 0.717) is 12.2 Å². The van der Waals surface area contributed by atoms with E-state index in [0.717, 1.165) is 28.1 Å². The lowest BCUT2D eigenvalue weighted by Crippen LogP contribution is -2.28. The first-order valence-corrected chi connectivity index (χ1v) is 8.27.